The number of thioether (sulfide) groups is 1. The Morgan fingerprint density at radius 3 is 2.45 bits per heavy atom. The predicted molar refractivity (Wildman–Crippen MR) is 172 cm³/mol. The van der Waals surface area contributed by atoms with Crippen LogP contribution in [0.4, 0.5) is 0 Å². The van der Waals surface area contributed by atoms with Crippen molar-refractivity contribution >= 4 is 51.7 Å². The van der Waals surface area contributed by atoms with Crippen LogP contribution in [0.1, 0.15) is 49.5 Å². The van der Waals surface area contributed by atoms with Crippen LogP contribution in [-0.2, 0) is 9.53 Å². The SMILES string of the molecule is CCOC(=O)C1=C(c2ccccc2)N=c2s/c(=C\c3cn(C(C)C)c4ccccc34)c(=O)n2C1c1ccc(SC)cc1. The van der Waals surface area contributed by atoms with Gasteiger partial charge in [0, 0.05) is 39.2 Å². The second-order valence-corrected chi connectivity index (χ2v) is 12.2. The van der Waals surface area contributed by atoms with Crippen molar-refractivity contribution in [2.24, 2.45) is 4.99 Å². The van der Waals surface area contributed by atoms with E-state index in [1.165, 1.54) is 11.3 Å². The van der Waals surface area contributed by atoms with Crippen molar-refractivity contribution in [3.8, 4) is 0 Å². The van der Waals surface area contributed by atoms with Crippen LogP contribution in [0.25, 0.3) is 22.7 Å². The highest BCUT2D eigenvalue weighted by molar-refractivity contribution is 7.98. The van der Waals surface area contributed by atoms with Crippen LogP contribution in [0.2, 0.25) is 0 Å². The van der Waals surface area contributed by atoms with E-state index in [0.29, 0.717) is 20.6 Å². The fourth-order valence-electron chi connectivity index (χ4n) is 5.46. The third-order valence-electron chi connectivity index (χ3n) is 7.42. The van der Waals surface area contributed by atoms with Crippen molar-refractivity contribution in [3.05, 3.63) is 127 Å². The number of nitrogens with zero attached hydrogens (tertiary/aromatic N) is 3. The first-order valence-electron chi connectivity index (χ1n) is 13.9. The maximum Gasteiger partial charge on any atom is 0.338 e. The lowest BCUT2D eigenvalue weighted by Gasteiger charge is -2.26. The number of esters is 1. The molecule has 0 radical (unpaired) electrons. The van der Waals surface area contributed by atoms with Gasteiger partial charge in [-0.3, -0.25) is 9.36 Å². The van der Waals surface area contributed by atoms with Gasteiger partial charge in [-0.2, -0.15) is 0 Å². The van der Waals surface area contributed by atoms with Crippen LogP contribution in [0.5, 0.6) is 0 Å². The molecule has 0 saturated heterocycles. The molecular weight excluding hydrogens is 563 g/mol. The quantitative estimate of drug-likeness (QED) is 0.167. The van der Waals surface area contributed by atoms with Crippen molar-refractivity contribution in [1.82, 2.24) is 9.13 Å². The molecule has 0 amide bonds. The number of rotatable bonds is 7. The Bertz CT molecular complexity index is 2000. The molecule has 1 aliphatic rings. The highest BCUT2D eigenvalue weighted by Gasteiger charge is 2.35. The van der Waals surface area contributed by atoms with Gasteiger partial charge in [-0.05, 0) is 56.9 Å². The van der Waals surface area contributed by atoms with Gasteiger partial charge in [0.05, 0.1) is 28.5 Å². The van der Waals surface area contributed by atoms with Gasteiger partial charge in [0.2, 0.25) is 0 Å². The number of para-hydroxylation sites is 1. The van der Waals surface area contributed by atoms with E-state index in [9.17, 15) is 9.59 Å². The van der Waals surface area contributed by atoms with E-state index in [0.717, 1.165) is 32.5 Å². The van der Waals surface area contributed by atoms with Crippen molar-refractivity contribution in [2.45, 2.75) is 37.8 Å². The zero-order valence-electron chi connectivity index (χ0n) is 23.9. The monoisotopic (exact) mass is 593 g/mol. The molecule has 2 aromatic heterocycles. The van der Waals surface area contributed by atoms with Gasteiger partial charge in [0.25, 0.3) is 5.56 Å². The van der Waals surface area contributed by atoms with E-state index in [1.54, 1.807) is 23.3 Å². The number of fused-ring (bicyclic) bond motifs is 2. The lowest BCUT2D eigenvalue weighted by molar-refractivity contribution is -0.138. The lowest BCUT2D eigenvalue weighted by Crippen LogP contribution is -2.40. The Kier molecular flexibility index (Phi) is 7.75. The molecule has 0 N–H and O–H groups in total. The first-order valence-corrected chi connectivity index (χ1v) is 16.0. The summed E-state index contributed by atoms with van der Waals surface area (Å²) in [6.07, 6.45) is 6.08. The Balaban J connectivity index is 1.64. The number of hydrogen-bond donors (Lipinski definition) is 0. The molecule has 0 aliphatic carbocycles. The van der Waals surface area contributed by atoms with Crippen LogP contribution < -0.4 is 14.9 Å². The second kappa shape index (κ2) is 11.6. The van der Waals surface area contributed by atoms with E-state index >= 15 is 0 Å². The molecule has 0 spiro atoms. The van der Waals surface area contributed by atoms with E-state index in [4.69, 9.17) is 9.73 Å². The number of benzene rings is 3. The van der Waals surface area contributed by atoms with Gasteiger partial charge < -0.3 is 9.30 Å². The summed E-state index contributed by atoms with van der Waals surface area (Å²) in [5.74, 6) is -0.478. The van der Waals surface area contributed by atoms with E-state index in [1.807, 2.05) is 79.1 Å². The van der Waals surface area contributed by atoms with Gasteiger partial charge in [0.1, 0.15) is 0 Å². The van der Waals surface area contributed by atoms with Gasteiger partial charge >= 0.3 is 5.97 Å². The Morgan fingerprint density at radius 1 is 1.05 bits per heavy atom. The molecule has 212 valence electrons. The van der Waals surface area contributed by atoms with Gasteiger partial charge in [-0.1, -0.05) is 72.0 Å². The summed E-state index contributed by atoms with van der Waals surface area (Å²) in [4.78, 5) is 34.5. The van der Waals surface area contributed by atoms with Gasteiger partial charge in [0.15, 0.2) is 4.80 Å². The first kappa shape index (κ1) is 28.0. The molecule has 6 nitrogen and oxygen atoms in total. The molecule has 3 aromatic carbocycles. The topological polar surface area (TPSA) is 65.6 Å². The molecule has 1 atom stereocenters. The zero-order valence-corrected chi connectivity index (χ0v) is 25.5. The molecule has 1 unspecified atom stereocenters. The summed E-state index contributed by atoms with van der Waals surface area (Å²) in [7, 11) is 0. The second-order valence-electron chi connectivity index (χ2n) is 10.3. The molecule has 0 saturated carbocycles. The van der Waals surface area contributed by atoms with Gasteiger partial charge in [-0.25, -0.2) is 9.79 Å². The summed E-state index contributed by atoms with van der Waals surface area (Å²) in [6, 6.07) is 25.4. The number of hydrogen-bond acceptors (Lipinski definition) is 6. The third-order valence-corrected chi connectivity index (χ3v) is 9.15. The minimum absolute atomic E-state index is 0.187. The average molecular weight is 594 g/mol. The number of carbonyl (C=O) groups is 1. The number of carbonyl (C=O) groups excluding carboxylic acids is 1. The molecule has 0 fully saturated rings. The maximum absolute atomic E-state index is 14.3. The van der Waals surface area contributed by atoms with E-state index in [2.05, 4.69) is 36.7 Å². The molecule has 1 aliphatic heterocycles. The van der Waals surface area contributed by atoms with Crippen LogP contribution in [0, 0.1) is 0 Å². The standard InChI is InChI=1S/C34H31N3O3S2/c1-5-40-33(39)29-30(22-11-7-6-8-12-22)35-34-37(31(29)23-15-17-25(41-4)18-16-23)32(38)28(42-34)19-24-20-36(21(2)3)27-14-10-9-13-26(24)27/h6-21,31H,5H2,1-4H3/b28-19-. The number of aromatic nitrogens is 2. The zero-order chi connectivity index (χ0) is 29.4. The molecule has 3 heterocycles. The Hall–Kier alpha value is -4.14. The maximum atomic E-state index is 14.3. The molecule has 42 heavy (non-hydrogen) atoms. The van der Waals surface area contributed by atoms with Crippen LogP contribution in [0.15, 0.2) is 105 Å². The molecule has 6 rings (SSSR count). The van der Waals surface area contributed by atoms with Crippen molar-refractivity contribution in [2.75, 3.05) is 12.9 Å². The van der Waals surface area contributed by atoms with Gasteiger partial charge in [-0.15, -0.1) is 11.8 Å². The predicted octanol–water partition coefficient (Wildman–Crippen LogP) is 6.19. The number of thiazole rings is 1. The highest BCUT2D eigenvalue weighted by Crippen LogP contribution is 2.36. The number of ether oxygens (including phenoxy) is 1. The largest absolute Gasteiger partial charge is 0.463 e. The summed E-state index contributed by atoms with van der Waals surface area (Å²) in [5.41, 5.74) is 4.40. The smallest absolute Gasteiger partial charge is 0.338 e. The minimum Gasteiger partial charge on any atom is -0.463 e. The van der Waals surface area contributed by atoms with E-state index < -0.39 is 12.0 Å². The lowest BCUT2D eigenvalue weighted by atomic mass is 9.93. The van der Waals surface area contributed by atoms with E-state index in [-0.39, 0.29) is 18.2 Å². The molecular formula is C34H31N3O3S2. The van der Waals surface area contributed by atoms with Crippen molar-refractivity contribution in [3.63, 3.8) is 0 Å². The normalized spacial score (nSPS) is 15.3. The average Bonchev–Trinajstić information content (AvgIpc) is 3.54. The Labute approximate surface area is 252 Å². The highest BCUT2D eigenvalue weighted by atomic mass is 32.2. The molecule has 0 bridgehead atoms. The summed E-state index contributed by atoms with van der Waals surface area (Å²) in [6.45, 7) is 6.29. The Morgan fingerprint density at radius 2 is 1.76 bits per heavy atom. The first-order chi connectivity index (χ1) is 20.4. The third kappa shape index (κ3) is 4.95. The van der Waals surface area contributed by atoms with Crippen LogP contribution in [0.3, 0.4) is 0 Å². The summed E-state index contributed by atoms with van der Waals surface area (Å²) < 4.78 is 10.0. The summed E-state index contributed by atoms with van der Waals surface area (Å²) >= 11 is 2.98. The van der Waals surface area contributed by atoms with Crippen molar-refractivity contribution < 1.29 is 9.53 Å². The van der Waals surface area contributed by atoms with Crippen LogP contribution >= 0.6 is 23.1 Å². The molecule has 5 aromatic rings. The van der Waals surface area contributed by atoms with Crippen molar-refractivity contribution in [1.29, 1.82) is 0 Å². The fraction of sp³-hybridized carbons (Fsp3) is 0.206. The minimum atomic E-state index is -0.689. The van der Waals surface area contributed by atoms with Crippen LogP contribution in [-0.4, -0.2) is 28.0 Å². The fourth-order valence-corrected chi connectivity index (χ4v) is 6.86. The summed E-state index contributed by atoms with van der Waals surface area (Å²) in [5, 5.41) is 1.08. The molecule has 8 heteroatoms.